The zero-order chi connectivity index (χ0) is 15.6. The van der Waals surface area contributed by atoms with Crippen molar-refractivity contribution in [2.75, 3.05) is 6.54 Å². The van der Waals surface area contributed by atoms with Crippen molar-refractivity contribution in [3.05, 3.63) is 60.2 Å². The van der Waals surface area contributed by atoms with Crippen LogP contribution in [0.1, 0.15) is 31.7 Å². The predicted molar refractivity (Wildman–Crippen MR) is 89.8 cm³/mol. The Hall–Kier alpha value is -2.29. The average Bonchev–Trinajstić information content (AvgIpc) is 3.19. The first-order chi connectivity index (χ1) is 10.6. The monoisotopic (exact) mass is 294 g/mol. The third-order valence-corrected chi connectivity index (χ3v) is 4.37. The van der Waals surface area contributed by atoms with Gasteiger partial charge in [-0.25, -0.2) is 4.79 Å². The Morgan fingerprint density at radius 3 is 2.59 bits per heavy atom. The van der Waals surface area contributed by atoms with Crippen molar-refractivity contribution >= 4 is 6.03 Å². The molecule has 0 saturated heterocycles. The van der Waals surface area contributed by atoms with E-state index in [1.807, 2.05) is 13.0 Å². The molecule has 0 spiro atoms. The van der Waals surface area contributed by atoms with E-state index in [4.69, 9.17) is 0 Å². The number of amides is 2. The fraction of sp³-hybridized carbons (Fsp3) is 0.316. The highest BCUT2D eigenvalue weighted by molar-refractivity contribution is 5.75. The van der Waals surface area contributed by atoms with E-state index in [0.29, 0.717) is 12.5 Å². The minimum Gasteiger partial charge on any atom is -0.338 e. The molecule has 2 N–H and O–H groups in total. The first kappa shape index (κ1) is 14.6. The molecule has 1 unspecified atom stereocenters. The van der Waals surface area contributed by atoms with Gasteiger partial charge in [0, 0.05) is 18.0 Å². The largest absolute Gasteiger partial charge is 0.338 e. The minimum absolute atomic E-state index is 0.0771. The van der Waals surface area contributed by atoms with E-state index in [0.717, 1.165) is 6.42 Å². The minimum atomic E-state index is -0.130. The Balaban J connectivity index is 1.76. The van der Waals surface area contributed by atoms with E-state index < -0.39 is 0 Å². The Labute approximate surface area is 131 Å². The van der Waals surface area contributed by atoms with Crippen LogP contribution in [0.2, 0.25) is 0 Å². The summed E-state index contributed by atoms with van der Waals surface area (Å²) in [5.74, 6) is 0.388. The van der Waals surface area contributed by atoms with Crippen LogP contribution in [-0.4, -0.2) is 18.1 Å². The Bertz CT molecular complexity index is 668. The van der Waals surface area contributed by atoms with E-state index in [1.54, 1.807) is 0 Å². The van der Waals surface area contributed by atoms with Gasteiger partial charge >= 0.3 is 6.03 Å². The number of benzene rings is 2. The van der Waals surface area contributed by atoms with Crippen molar-refractivity contribution in [2.24, 2.45) is 0 Å². The van der Waals surface area contributed by atoms with Crippen LogP contribution in [0.3, 0.4) is 0 Å². The maximum absolute atomic E-state index is 11.7. The number of hydrogen-bond donors (Lipinski definition) is 2. The van der Waals surface area contributed by atoms with Crippen LogP contribution >= 0.6 is 0 Å². The summed E-state index contributed by atoms with van der Waals surface area (Å²) >= 11 is 0. The van der Waals surface area contributed by atoms with Crippen LogP contribution in [0, 0.1) is 0 Å². The molecule has 0 heterocycles. The summed E-state index contributed by atoms with van der Waals surface area (Å²) in [7, 11) is 0. The molecule has 3 heteroatoms. The lowest BCUT2D eigenvalue weighted by molar-refractivity contribution is 0.237. The highest BCUT2D eigenvalue weighted by Crippen LogP contribution is 2.51. The summed E-state index contributed by atoms with van der Waals surface area (Å²) in [6.07, 6.45) is 0.988. The van der Waals surface area contributed by atoms with Gasteiger partial charge in [-0.05, 0) is 37.0 Å². The Morgan fingerprint density at radius 1 is 1.14 bits per heavy atom. The molecule has 114 valence electrons. The van der Waals surface area contributed by atoms with Crippen LogP contribution in [0.15, 0.2) is 54.6 Å². The van der Waals surface area contributed by atoms with Gasteiger partial charge < -0.3 is 10.6 Å². The summed E-state index contributed by atoms with van der Waals surface area (Å²) in [5, 5.41) is 5.89. The molecule has 2 aromatic rings. The lowest BCUT2D eigenvalue weighted by Crippen LogP contribution is -2.42. The standard InChI is InChI=1S/C19H22N2O/c1-3-20-18(22)21-19(2)13-17(19)16-11-7-10-15(12-16)14-8-5-4-6-9-14/h4-12,17H,3,13H2,1-2H3,(H2,20,21,22)/t17-,19?/m0/s1. The van der Waals surface area contributed by atoms with E-state index in [1.165, 1.54) is 16.7 Å². The van der Waals surface area contributed by atoms with Gasteiger partial charge in [0.05, 0.1) is 0 Å². The molecule has 0 aromatic heterocycles. The SMILES string of the molecule is CCNC(=O)NC1(C)C[C@H]1c1cccc(-c2ccccc2)c1. The fourth-order valence-corrected chi connectivity index (χ4v) is 3.02. The molecule has 22 heavy (non-hydrogen) atoms. The van der Waals surface area contributed by atoms with Gasteiger partial charge in [0.1, 0.15) is 0 Å². The number of carbonyl (C=O) groups excluding carboxylic acids is 1. The van der Waals surface area contributed by atoms with E-state index in [-0.39, 0.29) is 11.6 Å². The number of rotatable bonds is 4. The van der Waals surface area contributed by atoms with Gasteiger partial charge in [-0.2, -0.15) is 0 Å². The van der Waals surface area contributed by atoms with Crippen molar-refractivity contribution in [1.29, 1.82) is 0 Å². The molecule has 2 atom stereocenters. The summed E-state index contributed by atoms with van der Waals surface area (Å²) in [6.45, 7) is 4.69. The Kier molecular flexibility index (Phi) is 3.88. The molecule has 1 aliphatic rings. The van der Waals surface area contributed by atoms with Crippen molar-refractivity contribution in [3.63, 3.8) is 0 Å². The first-order valence-electron chi connectivity index (χ1n) is 7.84. The number of urea groups is 1. The highest BCUT2D eigenvalue weighted by Gasteiger charge is 2.51. The summed E-state index contributed by atoms with van der Waals surface area (Å²) < 4.78 is 0. The maximum Gasteiger partial charge on any atom is 0.315 e. The summed E-state index contributed by atoms with van der Waals surface area (Å²) in [4.78, 5) is 11.7. The van der Waals surface area contributed by atoms with Gasteiger partial charge in [-0.15, -0.1) is 0 Å². The molecule has 2 aromatic carbocycles. The first-order valence-corrected chi connectivity index (χ1v) is 7.84. The molecule has 0 radical (unpaired) electrons. The van der Waals surface area contributed by atoms with Crippen LogP contribution in [0.4, 0.5) is 4.79 Å². The van der Waals surface area contributed by atoms with Gasteiger partial charge in [-0.1, -0.05) is 54.6 Å². The molecule has 3 nitrogen and oxygen atoms in total. The lowest BCUT2D eigenvalue weighted by atomic mass is 10.00. The average molecular weight is 294 g/mol. The molecule has 2 amide bonds. The van der Waals surface area contributed by atoms with Crippen molar-refractivity contribution in [3.8, 4) is 11.1 Å². The van der Waals surface area contributed by atoms with E-state index in [9.17, 15) is 4.79 Å². The lowest BCUT2D eigenvalue weighted by Gasteiger charge is -2.15. The zero-order valence-corrected chi connectivity index (χ0v) is 13.1. The van der Waals surface area contributed by atoms with Crippen LogP contribution in [-0.2, 0) is 0 Å². The third-order valence-electron chi connectivity index (χ3n) is 4.37. The zero-order valence-electron chi connectivity index (χ0n) is 13.1. The second-order valence-electron chi connectivity index (χ2n) is 6.15. The molecular weight excluding hydrogens is 272 g/mol. The topological polar surface area (TPSA) is 41.1 Å². The van der Waals surface area contributed by atoms with Gasteiger partial charge in [0.25, 0.3) is 0 Å². The van der Waals surface area contributed by atoms with Crippen LogP contribution in [0.5, 0.6) is 0 Å². The predicted octanol–water partition coefficient (Wildman–Crippen LogP) is 3.92. The van der Waals surface area contributed by atoms with Crippen molar-refractivity contribution < 1.29 is 4.79 Å². The molecular formula is C19H22N2O. The number of nitrogens with one attached hydrogen (secondary N) is 2. The smallest absolute Gasteiger partial charge is 0.315 e. The molecule has 1 aliphatic carbocycles. The fourth-order valence-electron chi connectivity index (χ4n) is 3.02. The van der Waals surface area contributed by atoms with Crippen LogP contribution < -0.4 is 10.6 Å². The maximum atomic E-state index is 11.7. The van der Waals surface area contributed by atoms with Gasteiger partial charge in [0.2, 0.25) is 0 Å². The second-order valence-corrected chi connectivity index (χ2v) is 6.15. The Morgan fingerprint density at radius 2 is 1.86 bits per heavy atom. The van der Waals surface area contributed by atoms with Crippen LogP contribution in [0.25, 0.3) is 11.1 Å². The van der Waals surface area contributed by atoms with E-state index >= 15 is 0 Å². The van der Waals surface area contributed by atoms with E-state index in [2.05, 4.69) is 66.1 Å². The molecule has 1 saturated carbocycles. The van der Waals surface area contributed by atoms with Crippen molar-refractivity contribution in [2.45, 2.75) is 31.7 Å². The molecule has 0 bridgehead atoms. The quantitative estimate of drug-likeness (QED) is 0.881. The number of hydrogen-bond acceptors (Lipinski definition) is 1. The molecule has 0 aliphatic heterocycles. The summed E-state index contributed by atoms with van der Waals surface area (Å²) in [6, 6.07) is 18.9. The number of carbonyl (C=O) groups is 1. The normalized spacial score (nSPS) is 22.9. The molecule has 3 rings (SSSR count). The third kappa shape index (κ3) is 2.98. The van der Waals surface area contributed by atoms with Gasteiger partial charge in [0.15, 0.2) is 0 Å². The summed E-state index contributed by atoms with van der Waals surface area (Å²) in [5.41, 5.74) is 3.61. The van der Waals surface area contributed by atoms with Gasteiger partial charge in [-0.3, -0.25) is 0 Å². The highest BCUT2D eigenvalue weighted by atomic mass is 16.2. The van der Waals surface area contributed by atoms with Crippen molar-refractivity contribution in [1.82, 2.24) is 10.6 Å². The second kappa shape index (κ2) is 5.84. The molecule has 1 fully saturated rings.